The summed E-state index contributed by atoms with van der Waals surface area (Å²) >= 11 is 0. The largest absolute Gasteiger partial charge is 0.444 e. The van der Waals surface area contributed by atoms with Gasteiger partial charge in [0.15, 0.2) is 0 Å². The minimum atomic E-state index is -1.22. The second-order valence-electron chi connectivity index (χ2n) is 12.3. The number of nitrogens with one attached hydrogen (secondary N) is 1. The molecule has 0 aromatic carbocycles. The Labute approximate surface area is 212 Å². The van der Waals surface area contributed by atoms with Crippen LogP contribution in [0.1, 0.15) is 72.9 Å². The predicted molar refractivity (Wildman–Crippen MR) is 139 cm³/mol. The molecule has 3 fully saturated rings. The number of anilines is 1. The quantitative estimate of drug-likeness (QED) is 0.602. The van der Waals surface area contributed by atoms with Gasteiger partial charge in [0.1, 0.15) is 11.1 Å². The Kier molecular flexibility index (Phi) is 7.51. The van der Waals surface area contributed by atoms with Gasteiger partial charge in [-0.3, -0.25) is 4.98 Å². The summed E-state index contributed by atoms with van der Waals surface area (Å²) in [6.07, 6.45) is 6.09. The molecule has 1 saturated carbocycles. The average molecular weight is 507 g/mol. The Morgan fingerprint density at radius 1 is 1.23 bits per heavy atom. The van der Waals surface area contributed by atoms with E-state index in [1.807, 2.05) is 58.7 Å². The predicted octanol–water partition coefficient (Wildman–Crippen LogP) is 3.97. The molecule has 0 bridgehead atoms. The first-order valence-corrected chi connectivity index (χ1v) is 14.0. The topological polar surface area (TPSA) is 84.0 Å². The molecule has 2 aliphatic heterocycles. The maximum Gasteiger partial charge on any atom is 0.410 e. The van der Waals surface area contributed by atoms with Crippen LogP contribution in [0.4, 0.5) is 10.5 Å². The first-order chi connectivity index (χ1) is 16.4. The van der Waals surface area contributed by atoms with Gasteiger partial charge >= 0.3 is 6.09 Å². The van der Waals surface area contributed by atoms with Gasteiger partial charge in [0.2, 0.25) is 0 Å². The third kappa shape index (κ3) is 6.54. The van der Waals surface area contributed by atoms with Crippen molar-refractivity contribution in [1.29, 1.82) is 0 Å². The van der Waals surface area contributed by atoms with Crippen molar-refractivity contribution < 1.29 is 18.5 Å². The van der Waals surface area contributed by atoms with E-state index in [2.05, 4.69) is 15.7 Å². The van der Waals surface area contributed by atoms with Crippen LogP contribution >= 0.6 is 0 Å². The number of aromatic nitrogens is 1. The summed E-state index contributed by atoms with van der Waals surface area (Å²) in [5.74, 6) is 0.603. The second-order valence-corrected chi connectivity index (χ2v) is 14.2. The van der Waals surface area contributed by atoms with Crippen LogP contribution in [0.2, 0.25) is 0 Å². The Morgan fingerprint density at radius 3 is 2.46 bits per heavy atom. The second kappa shape index (κ2) is 9.98. The van der Waals surface area contributed by atoms with Gasteiger partial charge in [0.05, 0.1) is 52.6 Å². The number of pyridine rings is 1. The van der Waals surface area contributed by atoms with E-state index in [4.69, 9.17) is 14.5 Å². The van der Waals surface area contributed by atoms with E-state index in [0.717, 1.165) is 43.9 Å². The van der Waals surface area contributed by atoms with Crippen molar-refractivity contribution in [3.63, 3.8) is 0 Å². The average Bonchev–Trinajstić information content (AvgIpc) is 3.57. The SMILES string of the molecule is CC(C)(C)OC(=O)N(CC1CC1)[C@@H]1CCCN(c2ccc(C3(NS(=O)C(C)(C)C)COC3)nc2)C1. The highest BCUT2D eigenvalue weighted by Crippen LogP contribution is 2.34. The summed E-state index contributed by atoms with van der Waals surface area (Å²) in [5, 5.41) is 0. The lowest BCUT2D eigenvalue weighted by atomic mass is 9.94. The van der Waals surface area contributed by atoms with E-state index in [-0.39, 0.29) is 16.9 Å². The smallest absolute Gasteiger partial charge is 0.410 e. The number of hydrogen-bond donors (Lipinski definition) is 1. The third-order valence-electron chi connectivity index (χ3n) is 6.76. The molecule has 2 saturated heterocycles. The van der Waals surface area contributed by atoms with Crippen LogP contribution in [-0.4, -0.2) is 69.4 Å². The van der Waals surface area contributed by atoms with E-state index < -0.39 is 22.1 Å². The highest BCUT2D eigenvalue weighted by Gasteiger charge is 2.45. The summed E-state index contributed by atoms with van der Waals surface area (Å²) in [5.41, 5.74) is 0.877. The fourth-order valence-electron chi connectivity index (χ4n) is 4.47. The highest BCUT2D eigenvalue weighted by atomic mass is 32.2. The molecule has 1 aromatic rings. The van der Waals surface area contributed by atoms with E-state index in [1.165, 1.54) is 12.8 Å². The number of hydrogen-bond acceptors (Lipinski definition) is 6. The number of rotatable bonds is 7. The van der Waals surface area contributed by atoms with Crippen molar-refractivity contribution in [2.24, 2.45) is 5.92 Å². The fourth-order valence-corrected chi connectivity index (χ4v) is 5.35. The fraction of sp³-hybridized carbons (Fsp3) is 0.769. The first-order valence-electron chi connectivity index (χ1n) is 12.8. The molecule has 3 aliphatic rings. The van der Waals surface area contributed by atoms with Gasteiger partial charge in [0.25, 0.3) is 0 Å². The molecule has 0 radical (unpaired) electrons. The molecule has 8 nitrogen and oxygen atoms in total. The Morgan fingerprint density at radius 2 is 1.94 bits per heavy atom. The lowest BCUT2D eigenvalue weighted by Crippen LogP contribution is -2.60. The van der Waals surface area contributed by atoms with Crippen LogP contribution in [0.5, 0.6) is 0 Å². The lowest BCUT2D eigenvalue weighted by molar-refractivity contribution is -0.0681. The normalized spacial score (nSPS) is 23.4. The van der Waals surface area contributed by atoms with Gasteiger partial charge in [-0.2, -0.15) is 0 Å². The van der Waals surface area contributed by atoms with Crippen LogP contribution in [0.25, 0.3) is 0 Å². The van der Waals surface area contributed by atoms with Crippen LogP contribution in [-0.2, 0) is 26.0 Å². The maximum absolute atomic E-state index is 13.0. The Balaban J connectivity index is 1.45. The highest BCUT2D eigenvalue weighted by molar-refractivity contribution is 7.84. The summed E-state index contributed by atoms with van der Waals surface area (Å²) in [6.45, 7) is 15.0. The van der Waals surface area contributed by atoms with Gasteiger partial charge < -0.3 is 19.3 Å². The zero-order valence-corrected chi connectivity index (χ0v) is 23.0. The Hall–Kier alpha value is -1.71. The van der Waals surface area contributed by atoms with E-state index in [1.54, 1.807) is 0 Å². The van der Waals surface area contributed by atoms with E-state index in [0.29, 0.717) is 19.1 Å². The van der Waals surface area contributed by atoms with Crippen LogP contribution in [0, 0.1) is 5.92 Å². The minimum absolute atomic E-state index is 0.126. The summed E-state index contributed by atoms with van der Waals surface area (Å²) in [6, 6.07) is 4.23. The molecule has 2 atom stereocenters. The van der Waals surface area contributed by atoms with Gasteiger partial charge in [-0.15, -0.1) is 0 Å². The van der Waals surface area contributed by atoms with Crippen LogP contribution < -0.4 is 9.62 Å². The van der Waals surface area contributed by atoms with Crippen LogP contribution in [0.3, 0.4) is 0 Å². The molecule has 1 unspecified atom stereocenters. The first kappa shape index (κ1) is 26.4. The van der Waals surface area contributed by atoms with Gasteiger partial charge in [-0.1, -0.05) is 0 Å². The van der Waals surface area contributed by atoms with Crippen LogP contribution in [0.15, 0.2) is 18.3 Å². The monoisotopic (exact) mass is 506 g/mol. The molecule has 0 spiro atoms. The molecule has 35 heavy (non-hydrogen) atoms. The zero-order chi connectivity index (χ0) is 25.4. The maximum atomic E-state index is 13.0. The van der Waals surface area contributed by atoms with E-state index in [9.17, 15) is 9.00 Å². The number of carbonyl (C=O) groups is 1. The molecule has 9 heteroatoms. The number of piperidine rings is 1. The number of amides is 1. The third-order valence-corrected chi connectivity index (χ3v) is 8.45. The Bertz CT molecular complexity index is 917. The van der Waals surface area contributed by atoms with Crippen molar-refractivity contribution in [1.82, 2.24) is 14.6 Å². The molecule has 1 aromatic heterocycles. The lowest BCUT2D eigenvalue weighted by Gasteiger charge is -2.43. The van der Waals surface area contributed by atoms with Gasteiger partial charge in [-0.25, -0.2) is 13.7 Å². The van der Waals surface area contributed by atoms with Gasteiger partial charge in [0, 0.05) is 19.6 Å². The molecule has 196 valence electrons. The van der Waals surface area contributed by atoms with Crippen molar-refractivity contribution >= 4 is 22.8 Å². The molecular weight excluding hydrogens is 464 g/mol. The minimum Gasteiger partial charge on any atom is -0.444 e. The van der Waals surface area contributed by atoms with Crippen molar-refractivity contribution in [3.8, 4) is 0 Å². The summed E-state index contributed by atoms with van der Waals surface area (Å²) in [4.78, 5) is 22.1. The summed E-state index contributed by atoms with van der Waals surface area (Å²) < 4.78 is 26.9. The zero-order valence-electron chi connectivity index (χ0n) is 22.1. The van der Waals surface area contributed by atoms with Crippen molar-refractivity contribution in [2.75, 3.05) is 37.7 Å². The standard InChI is InChI=1S/C26H42N4O4S/c1-24(2,3)34-23(31)30(15-19-9-10-19)21-8-7-13-29(16-21)20-11-12-22(27-14-20)26(17-33-18-26)28-35(32)25(4,5)6/h11-12,14,19,21,28H,7-10,13,15-18H2,1-6H3/t21-,35?/m1/s1. The molecule has 3 heterocycles. The molecular formula is C26H42N4O4S. The number of ether oxygens (including phenoxy) is 2. The van der Waals surface area contributed by atoms with Crippen molar-refractivity contribution in [2.45, 2.75) is 89.2 Å². The summed E-state index contributed by atoms with van der Waals surface area (Å²) in [7, 11) is -1.22. The molecule has 1 amide bonds. The van der Waals surface area contributed by atoms with Crippen molar-refractivity contribution in [3.05, 3.63) is 24.0 Å². The number of nitrogens with zero attached hydrogens (tertiary/aromatic N) is 3. The molecule has 4 rings (SSSR count). The van der Waals surface area contributed by atoms with Gasteiger partial charge in [-0.05, 0) is 85.3 Å². The van der Waals surface area contributed by atoms with E-state index >= 15 is 0 Å². The number of carbonyl (C=O) groups excluding carboxylic acids is 1. The molecule has 1 aliphatic carbocycles. The molecule has 1 N–H and O–H groups in total.